The second-order valence-electron chi connectivity index (χ2n) is 7.89. The minimum atomic E-state index is -6.38. The van der Waals surface area contributed by atoms with Crippen LogP contribution in [0, 0.1) is 13.1 Å². The second kappa shape index (κ2) is 8.55. The maximum absolute atomic E-state index is 13.6. The molecule has 1 aromatic carbocycles. The molecule has 0 saturated carbocycles. The van der Waals surface area contributed by atoms with Crippen molar-refractivity contribution >= 4 is 67.2 Å². The van der Waals surface area contributed by atoms with Gasteiger partial charge in [0.25, 0.3) is 5.79 Å². The van der Waals surface area contributed by atoms with Crippen LogP contribution in [0.15, 0.2) is 12.1 Å². The lowest BCUT2D eigenvalue weighted by Crippen LogP contribution is -2.53. The summed E-state index contributed by atoms with van der Waals surface area (Å²) in [5.74, 6) is -8.97. The number of halogens is 6. The molecule has 3 heterocycles. The third-order valence-electron chi connectivity index (χ3n) is 5.71. The number of fused-ring (bicyclic) bond motifs is 4. The Labute approximate surface area is 216 Å². The highest BCUT2D eigenvalue weighted by atomic mass is 127. The van der Waals surface area contributed by atoms with Gasteiger partial charge >= 0.3 is 33.2 Å². The quantitative estimate of drug-likeness (QED) is 0.203. The Hall–Kier alpha value is -0.990. The molecule has 1 spiro atoms. The van der Waals surface area contributed by atoms with Crippen molar-refractivity contribution in [2.45, 2.75) is 48.4 Å². The predicted molar refractivity (Wildman–Crippen MR) is 119 cm³/mol. The monoisotopic (exact) mass is 736 g/mol. The highest BCUT2D eigenvalue weighted by Crippen LogP contribution is 2.51. The number of hydrogen-bond acceptors (Lipinski definition) is 8. The third kappa shape index (κ3) is 4.26. The number of carbonyl (C=O) groups excluding carboxylic acids is 2. The average Bonchev–Trinajstić information content (AvgIpc) is 3.26. The van der Waals surface area contributed by atoms with Crippen molar-refractivity contribution in [1.82, 2.24) is 0 Å². The Kier molecular flexibility index (Phi) is 6.56. The molecular formula is C18H14F4I2O9S. The molecule has 0 aliphatic carbocycles. The Morgan fingerprint density at radius 1 is 1.24 bits per heavy atom. The number of esters is 2. The summed E-state index contributed by atoms with van der Waals surface area (Å²) in [6.07, 6.45) is -3.67. The van der Waals surface area contributed by atoms with Gasteiger partial charge in [-0.15, -0.1) is 0 Å². The lowest BCUT2D eigenvalue weighted by molar-refractivity contribution is -0.187. The van der Waals surface area contributed by atoms with Crippen LogP contribution in [0.2, 0.25) is 0 Å². The average molecular weight is 736 g/mol. The van der Waals surface area contributed by atoms with Crippen LogP contribution in [0.1, 0.15) is 29.6 Å². The van der Waals surface area contributed by atoms with Crippen molar-refractivity contribution < 1.29 is 59.1 Å². The van der Waals surface area contributed by atoms with E-state index in [-0.39, 0.29) is 18.4 Å². The smallest absolute Gasteiger partial charge is 0.431 e. The van der Waals surface area contributed by atoms with Crippen LogP contribution >= 0.6 is 45.2 Å². The molecule has 34 heavy (non-hydrogen) atoms. The van der Waals surface area contributed by atoms with Gasteiger partial charge in [0.15, 0.2) is 5.75 Å². The van der Waals surface area contributed by atoms with Gasteiger partial charge in [-0.05, 0) is 63.7 Å². The topological polar surface area (TPSA) is 125 Å². The fourth-order valence-electron chi connectivity index (χ4n) is 4.03. The van der Waals surface area contributed by atoms with Gasteiger partial charge in [-0.2, -0.15) is 26.0 Å². The molecule has 3 aliphatic heterocycles. The minimum Gasteiger partial charge on any atom is -0.465 e. The van der Waals surface area contributed by atoms with E-state index in [1.165, 1.54) is 0 Å². The maximum Gasteiger partial charge on any atom is 0.431 e. The zero-order chi connectivity index (χ0) is 25.3. The summed E-state index contributed by atoms with van der Waals surface area (Å²) in [5.41, 5.74) is 0.239. The first-order chi connectivity index (χ1) is 15.6. The molecule has 2 bridgehead atoms. The van der Waals surface area contributed by atoms with Gasteiger partial charge < -0.3 is 18.9 Å². The van der Waals surface area contributed by atoms with Crippen molar-refractivity contribution in [3.05, 3.63) is 24.8 Å². The normalized spacial score (nSPS) is 28.4. The van der Waals surface area contributed by atoms with Gasteiger partial charge in [0, 0.05) is 3.57 Å². The van der Waals surface area contributed by atoms with Gasteiger partial charge in [0.1, 0.15) is 11.7 Å². The van der Waals surface area contributed by atoms with Crippen LogP contribution in [0.25, 0.3) is 0 Å². The molecule has 4 atom stereocenters. The number of benzene rings is 1. The molecule has 0 aromatic heterocycles. The van der Waals surface area contributed by atoms with E-state index in [4.69, 9.17) is 18.8 Å². The number of carbonyl (C=O) groups is 2. The zero-order valence-electron chi connectivity index (χ0n) is 16.6. The first-order valence-electron chi connectivity index (χ1n) is 9.54. The summed E-state index contributed by atoms with van der Waals surface area (Å²) in [5, 5.41) is -5.75. The van der Waals surface area contributed by atoms with Crippen molar-refractivity contribution in [3.8, 4) is 5.75 Å². The van der Waals surface area contributed by atoms with Crippen molar-refractivity contribution in [1.29, 1.82) is 0 Å². The number of hydrogen-bond donors (Lipinski definition) is 1. The van der Waals surface area contributed by atoms with E-state index in [1.807, 2.05) is 45.2 Å². The molecule has 0 radical (unpaired) electrons. The third-order valence-corrected chi connectivity index (χ3v) is 8.08. The van der Waals surface area contributed by atoms with E-state index in [0.29, 0.717) is 9.32 Å². The molecule has 9 nitrogen and oxygen atoms in total. The van der Waals surface area contributed by atoms with Crippen molar-refractivity contribution in [2.75, 3.05) is 6.61 Å². The summed E-state index contributed by atoms with van der Waals surface area (Å²) in [6, 6.07) is 3.39. The van der Waals surface area contributed by atoms with E-state index >= 15 is 0 Å². The van der Waals surface area contributed by atoms with Gasteiger partial charge in [-0.1, -0.05) is 0 Å². The van der Waals surface area contributed by atoms with E-state index in [0.717, 1.165) is 3.57 Å². The van der Waals surface area contributed by atoms with E-state index in [2.05, 4.69) is 4.74 Å². The fraction of sp³-hybridized carbons (Fsp3) is 0.556. The summed E-state index contributed by atoms with van der Waals surface area (Å²) in [7, 11) is -6.38. The fourth-order valence-corrected chi connectivity index (χ4v) is 6.47. The zero-order valence-corrected chi connectivity index (χ0v) is 21.7. The van der Waals surface area contributed by atoms with Gasteiger partial charge in [-0.3, -0.25) is 9.35 Å². The van der Waals surface area contributed by atoms with E-state index in [9.17, 15) is 35.6 Å². The van der Waals surface area contributed by atoms with Crippen molar-refractivity contribution in [2.24, 2.45) is 5.92 Å². The standard InChI is InChI=1S/C18H14F4I2O9S/c19-17(20,18(21,22)34(27,28)29)1-2-30-14(25)8-5-12-16(6-11(8)31-12)32-13-9(15(26)33-16)3-7(23)4-10(13)24/h3-4,8,11-12H,1-2,5-6H2,(H,27,28,29). The predicted octanol–water partition coefficient (Wildman–Crippen LogP) is 3.37. The molecule has 2 saturated heterocycles. The molecule has 3 aliphatic rings. The number of rotatable bonds is 6. The van der Waals surface area contributed by atoms with Crippen molar-refractivity contribution in [3.63, 3.8) is 0 Å². The Balaban J connectivity index is 1.39. The van der Waals surface area contributed by atoms with Gasteiger partial charge in [-0.25, -0.2) is 4.79 Å². The SMILES string of the molecule is O=C1OC2(CC3OC2CC3C(=O)OCCC(F)(F)C(F)(F)S(=O)(=O)O)Oc2c(I)cc(I)cc21. The Morgan fingerprint density at radius 2 is 1.91 bits per heavy atom. The highest BCUT2D eigenvalue weighted by Gasteiger charge is 2.66. The Morgan fingerprint density at radius 3 is 2.50 bits per heavy atom. The summed E-state index contributed by atoms with van der Waals surface area (Å²) in [4.78, 5) is 24.9. The maximum atomic E-state index is 13.6. The first-order valence-corrected chi connectivity index (χ1v) is 13.1. The van der Waals surface area contributed by atoms with E-state index in [1.54, 1.807) is 12.1 Å². The lowest BCUT2D eigenvalue weighted by atomic mass is 9.84. The minimum absolute atomic E-state index is 0.0510. The van der Waals surface area contributed by atoms with Crippen LogP contribution < -0.4 is 4.74 Å². The van der Waals surface area contributed by atoms with Gasteiger partial charge in [0.2, 0.25) is 0 Å². The van der Waals surface area contributed by atoms with E-state index < -0.39 is 70.2 Å². The summed E-state index contributed by atoms with van der Waals surface area (Å²) >= 11 is 4.04. The molecule has 0 amide bonds. The van der Waals surface area contributed by atoms with Crippen LogP contribution in [0.5, 0.6) is 5.75 Å². The lowest BCUT2D eigenvalue weighted by Gasteiger charge is -2.39. The van der Waals surface area contributed by atoms with Crippen LogP contribution in [0.3, 0.4) is 0 Å². The molecule has 16 heteroatoms. The second-order valence-corrected chi connectivity index (χ2v) is 11.8. The summed E-state index contributed by atoms with van der Waals surface area (Å²) < 4.78 is 106. The molecule has 4 unspecified atom stereocenters. The molecule has 1 N–H and O–H groups in total. The first kappa shape index (κ1) is 26.1. The largest absolute Gasteiger partial charge is 0.465 e. The molecule has 4 rings (SSSR count). The molecular weight excluding hydrogens is 722 g/mol. The highest BCUT2D eigenvalue weighted by molar-refractivity contribution is 14.1. The molecule has 188 valence electrons. The summed E-state index contributed by atoms with van der Waals surface area (Å²) in [6.45, 7) is -1.23. The van der Waals surface area contributed by atoms with Crippen LogP contribution in [-0.2, 0) is 29.1 Å². The number of alkyl halides is 4. The Bertz CT molecular complexity index is 1160. The molecule has 2 fully saturated rings. The van der Waals surface area contributed by atoms with Gasteiger partial charge in [0.05, 0.1) is 35.0 Å². The van der Waals surface area contributed by atoms with Crippen LogP contribution in [-0.4, -0.2) is 60.7 Å². The number of ether oxygens (including phenoxy) is 4. The van der Waals surface area contributed by atoms with Crippen LogP contribution in [0.4, 0.5) is 17.6 Å². The molecule has 1 aromatic rings.